The molecule has 1 aromatic carbocycles. The summed E-state index contributed by atoms with van der Waals surface area (Å²) >= 11 is 0. The molecule has 1 unspecified atom stereocenters. The lowest BCUT2D eigenvalue weighted by Gasteiger charge is -2.30. The minimum Gasteiger partial charge on any atom is -0.494 e. The van der Waals surface area contributed by atoms with E-state index in [1.54, 1.807) is 4.90 Å². The number of hydrogen-bond acceptors (Lipinski definition) is 5. The van der Waals surface area contributed by atoms with Gasteiger partial charge in [0.1, 0.15) is 11.8 Å². The molecule has 4 rings (SSSR count). The molecule has 3 aliphatic heterocycles. The van der Waals surface area contributed by atoms with Crippen molar-refractivity contribution in [2.24, 2.45) is 11.8 Å². The first-order valence-electron chi connectivity index (χ1n) is 11.5. The van der Waals surface area contributed by atoms with Crippen molar-refractivity contribution in [3.05, 3.63) is 29.3 Å². The third-order valence-electron chi connectivity index (χ3n) is 7.15. The predicted molar refractivity (Wildman–Crippen MR) is 116 cm³/mol. The molecule has 3 atom stereocenters. The van der Waals surface area contributed by atoms with E-state index in [1.165, 1.54) is 24.0 Å². The summed E-state index contributed by atoms with van der Waals surface area (Å²) in [7, 11) is 0. The topological polar surface area (TPSA) is 77.4 Å². The number of amides is 1. The molecule has 1 amide bonds. The number of carbonyl (C=O) groups is 1. The van der Waals surface area contributed by atoms with Crippen LogP contribution in [0, 0.1) is 23.2 Å². The van der Waals surface area contributed by atoms with Gasteiger partial charge in [0.15, 0.2) is 0 Å². The monoisotopic (exact) mass is 410 g/mol. The molecule has 1 aromatic rings. The van der Waals surface area contributed by atoms with Gasteiger partial charge in [0, 0.05) is 13.1 Å². The maximum absolute atomic E-state index is 12.9. The van der Waals surface area contributed by atoms with E-state index in [0.29, 0.717) is 25.4 Å². The van der Waals surface area contributed by atoms with E-state index in [0.717, 1.165) is 50.6 Å². The van der Waals surface area contributed by atoms with Gasteiger partial charge in [-0.3, -0.25) is 4.79 Å². The number of likely N-dealkylation sites (tertiary alicyclic amines) is 1. The standard InChI is InChI=1S/C24H34N4O2/c1-17(18-6-9-26-10-7-18)8-12-30-22-5-4-19-14-23(27-16-20(19)13-22)24(29)28-11-2-3-21(28)15-25/h4-5,13,17-18,21,23,26-27H,2-3,6-12,14,16H2,1H3/t17-,21?,23+/m1/s1. The van der Waals surface area contributed by atoms with Gasteiger partial charge in [0.2, 0.25) is 5.91 Å². The van der Waals surface area contributed by atoms with Crippen LogP contribution in [-0.2, 0) is 17.8 Å². The van der Waals surface area contributed by atoms with Crippen LogP contribution in [0.5, 0.6) is 5.75 Å². The molecule has 0 aliphatic carbocycles. The summed E-state index contributed by atoms with van der Waals surface area (Å²) in [5.74, 6) is 2.49. The zero-order valence-corrected chi connectivity index (χ0v) is 18.0. The van der Waals surface area contributed by atoms with Crippen LogP contribution in [0.15, 0.2) is 18.2 Å². The lowest BCUT2D eigenvalue weighted by atomic mass is 9.84. The van der Waals surface area contributed by atoms with Crippen molar-refractivity contribution < 1.29 is 9.53 Å². The summed E-state index contributed by atoms with van der Waals surface area (Å²) in [5.41, 5.74) is 2.41. The van der Waals surface area contributed by atoms with Crippen molar-refractivity contribution in [2.75, 3.05) is 26.2 Å². The quantitative estimate of drug-likeness (QED) is 0.754. The summed E-state index contributed by atoms with van der Waals surface area (Å²) in [4.78, 5) is 14.6. The van der Waals surface area contributed by atoms with Crippen LogP contribution in [0.2, 0.25) is 0 Å². The van der Waals surface area contributed by atoms with E-state index < -0.39 is 0 Å². The van der Waals surface area contributed by atoms with Crippen LogP contribution in [-0.4, -0.2) is 49.1 Å². The Kier molecular flexibility index (Phi) is 6.91. The number of benzene rings is 1. The highest BCUT2D eigenvalue weighted by molar-refractivity contribution is 5.83. The first-order valence-corrected chi connectivity index (χ1v) is 11.5. The number of rotatable bonds is 6. The first kappa shape index (κ1) is 21.1. The Morgan fingerprint density at radius 2 is 2.13 bits per heavy atom. The van der Waals surface area contributed by atoms with Crippen molar-refractivity contribution >= 4 is 5.91 Å². The highest BCUT2D eigenvalue weighted by Crippen LogP contribution is 2.27. The second-order valence-corrected chi connectivity index (χ2v) is 9.09. The Morgan fingerprint density at radius 3 is 2.93 bits per heavy atom. The van der Waals surface area contributed by atoms with Crippen LogP contribution >= 0.6 is 0 Å². The number of carbonyl (C=O) groups excluding carboxylic acids is 1. The maximum Gasteiger partial charge on any atom is 0.241 e. The van der Waals surface area contributed by atoms with E-state index in [2.05, 4.69) is 35.8 Å². The molecular weight excluding hydrogens is 376 g/mol. The Bertz CT molecular complexity index is 784. The van der Waals surface area contributed by atoms with Crippen LogP contribution < -0.4 is 15.4 Å². The average Bonchev–Trinajstić information content (AvgIpc) is 3.27. The van der Waals surface area contributed by atoms with Gasteiger partial charge in [0.25, 0.3) is 0 Å². The fraction of sp³-hybridized carbons (Fsp3) is 0.667. The summed E-state index contributed by atoms with van der Waals surface area (Å²) in [6.45, 7) is 6.76. The van der Waals surface area contributed by atoms with Crippen molar-refractivity contribution in [3.63, 3.8) is 0 Å². The minimum absolute atomic E-state index is 0.0666. The summed E-state index contributed by atoms with van der Waals surface area (Å²) in [5, 5.41) is 16.1. The van der Waals surface area contributed by atoms with Gasteiger partial charge in [0.05, 0.1) is 18.7 Å². The smallest absolute Gasteiger partial charge is 0.241 e. The number of piperidine rings is 1. The van der Waals surface area contributed by atoms with Crippen LogP contribution in [0.1, 0.15) is 50.2 Å². The lowest BCUT2D eigenvalue weighted by Crippen LogP contribution is -2.50. The second-order valence-electron chi connectivity index (χ2n) is 9.09. The Morgan fingerprint density at radius 1 is 1.30 bits per heavy atom. The van der Waals surface area contributed by atoms with Gasteiger partial charge < -0.3 is 20.3 Å². The van der Waals surface area contributed by atoms with E-state index in [1.807, 2.05) is 6.07 Å². The SMILES string of the molecule is C[C@H](CCOc1ccc2c(c1)CN[C@H](C(=O)N1CCCC1C#N)C2)C1CCNCC1. The molecule has 3 heterocycles. The highest BCUT2D eigenvalue weighted by Gasteiger charge is 2.34. The highest BCUT2D eigenvalue weighted by atomic mass is 16.5. The minimum atomic E-state index is -0.260. The molecule has 162 valence electrons. The molecule has 3 aliphatic rings. The number of nitrogens with one attached hydrogen (secondary N) is 2. The van der Waals surface area contributed by atoms with Crippen molar-refractivity contribution in [1.82, 2.24) is 15.5 Å². The third-order valence-corrected chi connectivity index (χ3v) is 7.15. The molecule has 0 radical (unpaired) electrons. The molecule has 0 bridgehead atoms. The van der Waals surface area contributed by atoms with E-state index in [9.17, 15) is 10.1 Å². The van der Waals surface area contributed by atoms with Crippen molar-refractivity contribution in [3.8, 4) is 11.8 Å². The average molecular weight is 411 g/mol. The Balaban J connectivity index is 1.28. The Labute approximate surface area is 180 Å². The third kappa shape index (κ3) is 4.79. The molecule has 2 saturated heterocycles. The largest absolute Gasteiger partial charge is 0.494 e. The number of fused-ring (bicyclic) bond motifs is 1. The predicted octanol–water partition coefficient (Wildman–Crippen LogP) is 2.62. The molecule has 0 saturated carbocycles. The molecule has 6 nitrogen and oxygen atoms in total. The summed E-state index contributed by atoms with van der Waals surface area (Å²) in [6.07, 6.45) is 6.03. The number of hydrogen-bond donors (Lipinski definition) is 2. The Hall–Kier alpha value is -2.10. The summed E-state index contributed by atoms with van der Waals surface area (Å²) in [6, 6.07) is 8.03. The van der Waals surface area contributed by atoms with Crippen molar-refractivity contribution in [2.45, 2.75) is 64.1 Å². The van der Waals surface area contributed by atoms with Gasteiger partial charge in [-0.25, -0.2) is 0 Å². The zero-order valence-electron chi connectivity index (χ0n) is 18.0. The number of ether oxygens (including phenoxy) is 1. The van der Waals surface area contributed by atoms with Crippen molar-refractivity contribution in [1.29, 1.82) is 5.26 Å². The maximum atomic E-state index is 12.9. The van der Waals surface area contributed by atoms with Gasteiger partial charge in [-0.1, -0.05) is 13.0 Å². The van der Waals surface area contributed by atoms with E-state index in [-0.39, 0.29) is 18.0 Å². The van der Waals surface area contributed by atoms with Gasteiger partial charge in [-0.15, -0.1) is 0 Å². The summed E-state index contributed by atoms with van der Waals surface area (Å²) < 4.78 is 6.06. The molecular formula is C24H34N4O2. The lowest BCUT2D eigenvalue weighted by molar-refractivity contribution is -0.133. The van der Waals surface area contributed by atoms with Crippen LogP contribution in [0.25, 0.3) is 0 Å². The van der Waals surface area contributed by atoms with Crippen LogP contribution in [0.4, 0.5) is 0 Å². The normalized spacial score (nSPS) is 25.4. The molecule has 0 spiro atoms. The zero-order chi connectivity index (χ0) is 20.9. The molecule has 6 heteroatoms. The first-order chi connectivity index (χ1) is 14.7. The van der Waals surface area contributed by atoms with Gasteiger partial charge >= 0.3 is 0 Å². The van der Waals surface area contributed by atoms with Crippen LogP contribution in [0.3, 0.4) is 0 Å². The van der Waals surface area contributed by atoms with Gasteiger partial charge in [-0.05, 0) is 86.7 Å². The fourth-order valence-electron chi connectivity index (χ4n) is 5.13. The molecule has 2 N–H and O–H groups in total. The number of nitriles is 1. The van der Waals surface area contributed by atoms with E-state index >= 15 is 0 Å². The van der Waals surface area contributed by atoms with E-state index in [4.69, 9.17) is 4.74 Å². The van der Waals surface area contributed by atoms with Gasteiger partial charge in [-0.2, -0.15) is 5.26 Å². The molecule has 2 fully saturated rings. The molecule has 0 aromatic heterocycles. The molecule has 30 heavy (non-hydrogen) atoms. The number of nitrogens with zero attached hydrogens (tertiary/aromatic N) is 2. The second kappa shape index (κ2) is 9.80. The fourth-order valence-corrected chi connectivity index (χ4v) is 5.13.